The molecule has 170 valence electrons. The first kappa shape index (κ1) is 23.7. The van der Waals surface area contributed by atoms with Crippen molar-refractivity contribution >= 4 is 40.9 Å². The maximum Gasteiger partial charge on any atom is 0.229 e. The molecule has 0 unspecified atom stereocenters. The van der Waals surface area contributed by atoms with Crippen LogP contribution in [0.5, 0.6) is 0 Å². The molecule has 10 heteroatoms. The van der Waals surface area contributed by atoms with Gasteiger partial charge in [-0.25, -0.2) is 15.0 Å². The van der Waals surface area contributed by atoms with Gasteiger partial charge in [0.2, 0.25) is 11.9 Å². The van der Waals surface area contributed by atoms with Crippen molar-refractivity contribution in [2.75, 3.05) is 29.1 Å². The summed E-state index contributed by atoms with van der Waals surface area (Å²) < 4.78 is 0. The lowest BCUT2D eigenvalue weighted by atomic mass is 10.3. The van der Waals surface area contributed by atoms with Gasteiger partial charge >= 0.3 is 0 Å². The minimum atomic E-state index is -0.426. The smallest absolute Gasteiger partial charge is 0.229 e. The maximum atomic E-state index is 9.77. The van der Waals surface area contributed by atoms with Crippen molar-refractivity contribution in [3.63, 3.8) is 0 Å². The van der Waals surface area contributed by atoms with Crippen LogP contribution in [0.2, 0.25) is 0 Å². The Bertz CT molecular complexity index is 1030. The Hall–Kier alpha value is -2.95. The molecule has 2 aromatic heterocycles. The Morgan fingerprint density at radius 3 is 2.03 bits per heavy atom. The average molecular weight is 456 g/mol. The van der Waals surface area contributed by atoms with Crippen molar-refractivity contribution in [1.82, 2.24) is 19.9 Å². The number of nitrogens with one attached hydrogen (secondary N) is 3. The summed E-state index contributed by atoms with van der Waals surface area (Å²) in [6.45, 7) is 8.07. The molecule has 0 aliphatic heterocycles. The van der Waals surface area contributed by atoms with E-state index in [1.54, 1.807) is 19.3 Å². The van der Waals surface area contributed by atoms with Gasteiger partial charge in [-0.15, -0.1) is 11.8 Å². The molecular formula is C22H29N7O2S. The number of thioether (sulfide) groups is 1. The Morgan fingerprint density at radius 1 is 0.906 bits per heavy atom. The highest BCUT2D eigenvalue weighted by atomic mass is 32.2. The Morgan fingerprint density at radius 2 is 1.47 bits per heavy atom. The molecule has 3 rings (SSSR count). The summed E-state index contributed by atoms with van der Waals surface area (Å²) in [7, 11) is 0. The number of hydrogen-bond acceptors (Lipinski definition) is 10. The van der Waals surface area contributed by atoms with Crippen LogP contribution in [0.4, 0.5) is 29.1 Å². The second-order valence-corrected chi connectivity index (χ2v) is 8.81. The quantitative estimate of drug-likeness (QED) is 0.228. The molecule has 0 radical (unpaired) electrons. The molecule has 0 aliphatic carbocycles. The standard InChI is InChI=1S/C22H29N7O2S/c1-13-11-24-21(28-19(13)23-9-10-30)26-17-5-7-18(8-6-17)27-22-25-12-14(2)20(29-22)32-16(4)15(3)31/h5-8,11-12,15-16,30-31H,9-10H2,1-4H3,(H,25,27,29)(H2,23,24,26,28)/t15-,16-/m1/s1. The number of aromatic nitrogens is 4. The number of rotatable bonds is 10. The van der Waals surface area contributed by atoms with Gasteiger partial charge in [-0.1, -0.05) is 6.92 Å². The van der Waals surface area contributed by atoms with Crippen LogP contribution in [0.1, 0.15) is 25.0 Å². The molecule has 2 atom stereocenters. The number of nitrogens with zero attached hydrogens (tertiary/aromatic N) is 4. The van der Waals surface area contributed by atoms with E-state index in [0.29, 0.717) is 24.3 Å². The van der Waals surface area contributed by atoms with E-state index in [0.717, 1.165) is 27.5 Å². The third kappa shape index (κ3) is 6.52. The summed E-state index contributed by atoms with van der Waals surface area (Å²) in [4.78, 5) is 17.7. The Balaban J connectivity index is 1.66. The molecule has 9 nitrogen and oxygen atoms in total. The van der Waals surface area contributed by atoms with Gasteiger partial charge < -0.3 is 26.2 Å². The number of hydrogen-bond donors (Lipinski definition) is 5. The SMILES string of the molecule is Cc1cnc(Nc2ccc(Nc3ncc(C)c(S[C@H](C)[C@@H](C)O)n3)cc2)nc1NCCO. The molecule has 0 spiro atoms. The Kier molecular flexibility index (Phi) is 8.20. The van der Waals surface area contributed by atoms with Gasteiger partial charge in [-0.3, -0.25) is 0 Å². The van der Waals surface area contributed by atoms with Crippen molar-refractivity contribution < 1.29 is 10.2 Å². The fraction of sp³-hybridized carbons (Fsp3) is 0.364. The second kappa shape index (κ2) is 11.1. The normalized spacial score (nSPS) is 12.8. The summed E-state index contributed by atoms with van der Waals surface area (Å²) in [5.74, 6) is 1.65. The van der Waals surface area contributed by atoms with Gasteiger partial charge in [0, 0.05) is 41.1 Å². The minimum absolute atomic E-state index is 0.0326. The van der Waals surface area contributed by atoms with Gasteiger partial charge in [0.15, 0.2) is 0 Å². The first-order chi connectivity index (χ1) is 15.4. The first-order valence-electron chi connectivity index (χ1n) is 10.4. The molecule has 2 heterocycles. The van der Waals surface area contributed by atoms with Gasteiger partial charge in [0.1, 0.15) is 10.8 Å². The summed E-state index contributed by atoms with van der Waals surface area (Å²) in [6.07, 6.45) is 3.08. The van der Waals surface area contributed by atoms with Crippen molar-refractivity contribution in [3.05, 3.63) is 47.8 Å². The molecule has 3 aromatic rings. The summed E-state index contributed by atoms with van der Waals surface area (Å²) in [5, 5.41) is 29.1. The number of aryl methyl sites for hydroxylation is 2. The predicted molar refractivity (Wildman–Crippen MR) is 129 cm³/mol. The van der Waals surface area contributed by atoms with E-state index < -0.39 is 6.10 Å². The second-order valence-electron chi connectivity index (χ2n) is 7.45. The van der Waals surface area contributed by atoms with Crippen LogP contribution in [-0.4, -0.2) is 54.7 Å². The summed E-state index contributed by atoms with van der Waals surface area (Å²) in [6, 6.07) is 7.64. The van der Waals surface area contributed by atoms with Crippen LogP contribution in [0.15, 0.2) is 41.7 Å². The maximum absolute atomic E-state index is 9.77. The largest absolute Gasteiger partial charge is 0.395 e. The first-order valence-corrected chi connectivity index (χ1v) is 11.2. The molecule has 0 amide bonds. The minimum Gasteiger partial charge on any atom is -0.395 e. The zero-order valence-electron chi connectivity index (χ0n) is 18.6. The van der Waals surface area contributed by atoms with Gasteiger partial charge in [0.05, 0.1) is 12.7 Å². The lowest BCUT2D eigenvalue weighted by Gasteiger charge is -2.15. The van der Waals surface area contributed by atoms with Crippen molar-refractivity contribution in [2.24, 2.45) is 0 Å². The van der Waals surface area contributed by atoms with E-state index in [2.05, 4.69) is 35.9 Å². The van der Waals surface area contributed by atoms with Gasteiger partial charge in [-0.2, -0.15) is 4.98 Å². The van der Waals surface area contributed by atoms with Crippen LogP contribution in [-0.2, 0) is 0 Å². The number of aliphatic hydroxyl groups excluding tert-OH is 2. The van der Waals surface area contributed by atoms with E-state index >= 15 is 0 Å². The molecule has 0 fully saturated rings. The molecule has 0 aliphatic rings. The number of anilines is 5. The number of benzene rings is 1. The van der Waals surface area contributed by atoms with Crippen molar-refractivity contribution in [2.45, 2.75) is 44.1 Å². The summed E-state index contributed by atoms with van der Waals surface area (Å²) >= 11 is 1.53. The monoisotopic (exact) mass is 455 g/mol. The van der Waals surface area contributed by atoms with Crippen LogP contribution >= 0.6 is 11.8 Å². The highest BCUT2D eigenvalue weighted by Gasteiger charge is 2.14. The Labute approximate surface area is 192 Å². The zero-order valence-corrected chi connectivity index (χ0v) is 19.4. The fourth-order valence-electron chi connectivity index (χ4n) is 2.63. The van der Waals surface area contributed by atoms with E-state index in [9.17, 15) is 5.11 Å². The lowest BCUT2D eigenvalue weighted by Crippen LogP contribution is -2.15. The molecular weight excluding hydrogens is 426 g/mol. The third-order valence-corrected chi connectivity index (χ3v) is 6.08. The van der Waals surface area contributed by atoms with Crippen LogP contribution in [0, 0.1) is 13.8 Å². The molecule has 0 saturated carbocycles. The lowest BCUT2D eigenvalue weighted by molar-refractivity contribution is 0.196. The number of aliphatic hydroxyl groups is 2. The molecule has 32 heavy (non-hydrogen) atoms. The van der Waals surface area contributed by atoms with E-state index in [1.165, 1.54) is 11.8 Å². The van der Waals surface area contributed by atoms with Crippen LogP contribution in [0.3, 0.4) is 0 Å². The third-order valence-electron chi connectivity index (χ3n) is 4.68. The zero-order chi connectivity index (χ0) is 23.1. The predicted octanol–water partition coefficient (Wildman–Crippen LogP) is 3.64. The van der Waals surface area contributed by atoms with Crippen molar-refractivity contribution in [3.8, 4) is 0 Å². The highest BCUT2D eigenvalue weighted by molar-refractivity contribution is 7.99. The average Bonchev–Trinajstić information content (AvgIpc) is 2.77. The fourth-order valence-corrected chi connectivity index (χ4v) is 3.56. The molecule has 1 aromatic carbocycles. The van der Waals surface area contributed by atoms with Crippen LogP contribution in [0.25, 0.3) is 0 Å². The van der Waals surface area contributed by atoms with Gasteiger partial charge in [-0.05, 0) is 50.6 Å². The molecule has 0 bridgehead atoms. The van der Waals surface area contributed by atoms with E-state index in [4.69, 9.17) is 5.11 Å². The van der Waals surface area contributed by atoms with E-state index in [-0.39, 0.29) is 11.9 Å². The highest BCUT2D eigenvalue weighted by Crippen LogP contribution is 2.28. The molecule has 0 saturated heterocycles. The summed E-state index contributed by atoms with van der Waals surface area (Å²) in [5.41, 5.74) is 3.55. The van der Waals surface area contributed by atoms with E-state index in [1.807, 2.05) is 45.0 Å². The topological polar surface area (TPSA) is 128 Å². The van der Waals surface area contributed by atoms with Gasteiger partial charge in [0.25, 0.3) is 0 Å². The van der Waals surface area contributed by atoms with Crippen molar-refractivity contribution in [1.29, 1.82) is 0 Å². The molecule has 5 N–H and O–H groups in total. The van der Waals surface area contributed by atoms with Crippen LogP contribution < -0.4 is 16.0 Å².